The van der Waals surface area contributed by atoms with Crippen molar-refractivity contribution in [2.24, 2.45) is 0 Å². The molecule has 2 heterocycles. The van der Waals surface area contributed by atoms with Gasteiger partial charge in [0, 0.05) is 43.2 Å². The van der Waals surface area contributed by atoms with Crippen molar-refractivity contribution in [2.75, 3.05) is 4.90 Å². The summed E-state index contributed by atoms with van der Waals surface area (Å²) in [5, 5.41) is 7.30. The lowest BCUT2D eigenvalue weighted by molar-refractivity contribution is 0.669. The van der Waals surface area contributed by atoms with Crippen molar-refractivity contribution in [1.29, 1.82) is 0 Å². The molecule has 2 nitrogen and oxygen atoms in total. The Morgan fingerprint density at radius 1 is 0.408 bits per heavy atom. The fraction of sp³-hybridized carbons (Fsp3) is 0. The van der Waals surface area contributed by atoms with Gasteiger partial charge in [0.1, 0.15) is 11.2 Å². The quantitative estimate of drug-likeness (QED) is 0.186. The number of para-hydroxylation sites is 1. The molecule has 230 valence electrons. The summed E-state index contributed by atoms with van der Waals surface area (Å²) < 4.78 is 8.81. The highest BCUT2D eigenvalue weighted by atomic mass is 32.1. The van der Waals surface area contributed by atoms with Crippen LogP contribution in [-0.2, 0) is 0 Å². The molecule has 3 heteroatoms. The Bertz CT molecular complexity index is 2830. The number of hydrogen-bond acceptors (Lipinski definition) is 3. The van der Waals surface area contributed by atoms with E-state index >= 15 is 0 Å². The summed E-state index contributed by atoms with van der Waals surface area (Å²) in [6.07, 6.45) is 0. The van der Waals surface area contributed by atoms with E-state index in [9.17, 15) is 0 Å². The van der Waals surface area contributed by atoms with Gasteiger partial charge in [0.15, 0.2) is 0 Å². The van der Waals surface area contributed by atoms with Gasteiger partial charge in [0.25, 0.3) is 0 Å². The first-order chi connectivity index (χ1) is 24.3. The normalized spacial score (nSPS) is 11.7. The molecular weight excluding hydrogens is 615 g/mol. The summed E-state index contributed by atoms with van der Waals surface area (Å²) in [5.74, 6) is 0. The molecule has 0 fully saturated rings. The zero-order valence-corrected chi connectivity index (χ0v) is 27.3. The summed E-state index contributed by atoms with van der Waals surface area (Å²) in [7, 11) is 0. The molecule has 0 saturated heterocycles. The number of nitrogens with zero attached hydrogens (tertiary/aromatic N) is 1. The van der Waals surface area contributed by atoms with Crippen LogP contribution in [0.25, 0.3) is 75.1 Å². The molecule has 8 aromatic carbocycles. The van der Waals surface area contributed by atoms with Crippen LogP contribution in [-0.4, -0.2) is 0 Å². The zero-order valence-electron chi connectivity index (χ0n) is 26.5. The lowest BCUT2D eigenvalue weighted by Crippen LogP contribution is -2.11. The van der Waals surface area contributed by atoms with Crippen LogP contribution in [0.2, 0.25) is 0 Å². The van der Waals surface area contributed by atoms with Gasteiger partial charge < -0.3 is 9.32 Å². The molecule has 0 aliphatic heterocycles. The molecule has 2 aromatic heterocycles. The molecule has 0 bridgehead atoms. The van der Waals surface area contributed by atoms with E-state index in [1.54, 1.807) is 0 Å². The fourth-order valence-corrected chi connectivity index (χ4v) is 8.52. The third-order valence-electron chi connectivity index (χ3n) is 9.66. The lowest BCUT2D eigenvalue weighted by Gasteiger charge is -2.29. The van der Waals surface area contributed by atoms with E-state index in [2.05, 4.69) is 169 Å². The molecule has 0 radical (unpaired) electrons. The van der Waals surface area contributed by atoms with Crippen LogP contribution in [0.1, 0.15) is 0 Å². The van der Waals surface area contributed by atoms with Crippen molar-refractivity contribution in [3.63, 3.8) is 0 Å². The maximum atomic E-state index is 6.24. The zero-order chi connectivity index (χ0) is 32.3. The summed E-state index contributed by atoms with van der Waals surface area (Å²) >= 11 is 1.87. The third-order valence-corrected chi connectivity index (χ3v) is 10.9. The number of anilines is 3. The number of thiophene rings is 1. The van der Waals surface area contributed by atoms with Gasteiger partial charge in [-0.2, -0.15) is 0 Å². The van der Waals surface area contributed by atoms with Gasteiger partial charge in [-0.3, -0.25) is 0 Å². The monoisotopic (exact) mass is 643 g/mol. The SMILES string of the molecule is c1ccc(-c2ccc3c(sc4ccccc43)c2N(c2ccc(-c3ccc4c(c3)oc3ccccc34)cc2)c2ccc3ccccc3c2)cc1. The number of furan rings is 1. The van der Waals surface area contributed by atoms with Crippen LogP contribution >= 0.6 is 11.3 Å². The Morgan fingerprint density at radius 3 is 1.96 bits per heavy atom. The van der Waals surface area contributed by atoms with E-state index in [1.807, 2.05) is 23.5 Å². The summed E-state index contributed by atoms with van der Waals surface area (Å²) in [4.78, 5) is 2.46. The average molecular weight is 644 g/mol. The highest BCUT2D eigenvalue weighted by molar-refractivity contribution is 7.26. The summed E-state index contributed by atoms with van der Waals surface area (Å²) in [6, 6.07) is 63.3. The van der Waals surface area contributed by atoms with Crippen LogP contribution in [0.3, 0.4) is 0 Å². The van der Waals surface area contributed by atoms with E-state index < -0.39 is 0 Å². The first kappa shape index (κ1) is 27.9. The smallest absolute Gasteiger partial charge is 0.136 e. The van der Waals surface area contributed by atoms with E-state index in [-0.39, 0.29) is 0 Å². The minimum atomic E-state index is 0.907. The second-order valence-electron chi connectivity index (χ2n) is 12.5. The number of fused-ring (bicyclic) bond motifs is 7. The van der Waals surface area contributed by atoms with Crippen LogP contribution in [0.15, 0.2) is 180 Å². The Hall–Kier alpha value is -6.16. The number of rotatable bonds is 5. The van der Waals surface area contributed by atoms with Crippen LogP contribution in [0.4, 0.5) is 17.1 Å². The van der Waals surface area contributed by atoms with Crippen molar-refractivity contribution in [3.8, 4) is 22.3 Å². The molecular formula is C46H29NOS. The van der Waals surface area contributed by atoms with Crippen molar-refractivity contribution in [3.05, 3.63) is 176 Å². The molecule has 10 aromatic rings. The van der Waals surface area contributed by atoms with Gasteiger partial charge in [-0.15, -0.1) is 11.3 Å². The lowest BCUT2D eigenvalue weighted by atomic mass is 9.98. The van der Waals surface area contributed by atoms with E-state index in [0.29, 0.717) is 0 Å². The Morgan fingerprint density at radius 2 is 1.08 bits per heavy atom. The molecule has 0 atom stereocenters. The average Bonchev–Trinajstić information content (AvgIpc) is 3.74. The maximum Gasteiger partial charge on any atom is 0.136 e. The minimum absolute atomic E-state index is 0.907. The molecule has 0 saturated carbocycles. The largest absolute Gasteiger partial charge is 0.456 e. The van der Waals surface area contributed by atoms with E-state index in [4.69, 9.17) is 4.42 Å². The number of hydrogen-bond donors (Lipinski definition) is 0. The summed E-state index contributed by atoms with van der Waals surface area (Å²) in [5.41, 5.74) is 9.91. The predicted octanol–water partition coefficient (Wildman–Crippen LogP) is 13.9. The van der Waals surface area contributed by atoms with Gasteiger partial charge in [0.05, 0.1) is 10.4 Å². The summed E-state index contributed by atoms with van der Waals surface area (Å²) in [6.45, 7) is 0. The molecule has 0 aliphatic rings. The standard InChI is InChI=1S/C46H29NOS/c1-2-11-32(12-3-1)37-26-27-41-40-15-7-9-17-44(40)49-46(41)45(37)47(36-24-20-30-10-4-5-13-33(30)28-36)35-22-18-31(19-23-35)34-21-25-39-38-14-6-8-16-42(38)48-43(39)29-34/h1-29H. The second-order valence-corrected chi connectivity index (χ2v) is 13.6. The Balaban J connectivity index is 1.20. The first-order valence-electron chi connectivity index (χ1n) is 16.6. The van der Waals surface area contributed by atoms with Gasteiger partial charge in [-0.25, -0.2) is 0 Å². The van der Waals surface area contributed by atoms with Crippen LogP contribution < -0.4 is 4.90 Å². The highest BCUT2D eigenvalue weighted by Gasteiger charge is 2.23. The van der Waals surface area contributed by atoms with Crippen molar-refractivity contribution in [1.82, 2.24) is 0 Å². The first-order valence-corrected chi connectivity index (χ1v) is 17.4. The molecule has 10 rings (SSSR count). The van der Waals surface area contributed by atoms with Gasteiger partial charge >= 0.3 is 0 Å². The molecule has 0 spiro atoms. The predicted molar refractivity (Wildman–Crippen MR) is 210 cm³/mol. The molecule has 0 aliphatic carbocycles. The van der Waals surface area contributed by atoms with Crippen LogP contribution in [0.5, 0.6) is 0 Å². The van der Waals surface area contributed by atoms with Crippen molar-refractivity contribution in [2.45, 2.75) is 0 Å². The Labute approximate surface area is 287 Å². The van der Waals surface area contributed by atoms with Crippen molar-refractivity contribution >= 4 is 81.3 Å². The van der Waals surface area contributed by atoms with Gasteiger partial charge in [-0.05, 0) is 76.0 Å². The fourth-order valence-electron chi connectivity index (χ4n) is 7.28. The van der Waals surface area contributed by atoms with E-state index in [1.165, 1.54) is 47.8 Å². The van der Waals surface area contributed by atoms with Crippen LogP contribution in [0, 0.1) is 0 Å². The molecule has 0 amide bonds. The molecule has 0 unspecified atom stereocenters. The third kappa shape index (κ3) is 4.62. The Kier molecular flexibility index (Phi) is 6.39. The van der Waals surface area contributed by atoms with Crippen molar-refractivity contribution < 1.29 is 4.42 Å². The number of benzene rings is 8. The maximum absolute atomic E-state index is 6.24. The van der Waals surface area contributed by atoms with Gasteiger partial charge in [-0.1, -0.05) is 127 Å². The molecule has 49 heavy (non-hydrogen) atoms. The highest BCUT2D eigenvalue weighted by Crippen LogP contribution is 2.50. The minimum Gasteiger partial charge on any atom is -0.456 e. The molecule has 0 N–H and O–H groups in total. The second kappa shape index (κ2) is 11.2. The van der Waals surface area contributed by atoms with E-state index in [0.717, 1.165) is 44.4 Å². The topological polar surface area (TPSA) is 16.4 Å². The van der Waals surface area contributed by atoms with Gasteiger partial charge in [0.2, 0.25) is 0 Å².